The Morgan fingerprint density at radius 2 is 2.06 bits per heavy atom. The van der Waals surface area contributed by atoms with Gasteiger partial charge in [0, 0.05) is 39.0 Å². The molecule has 1 aliphatic rings. The second-order valence-corrected chi connectivity index (χ2v) is 4.98. The summed E-state index contributed by atoms with van der Waals surface area (Å²) in [6.07, 6.45) is 7.22. The van der Waals surface area contributed by atoms with Crippen LogP contribution in [0.3, 0.4) is 0 Å². The zero-order valence-corrected chi connectivity index (χ0v) is 10.2. The number of aliphatic hydroxyl groups is 1. The summed E-state index contributed by atoms with van der Waals surface area (Å²) >= 11 is 0. The van der Waals surface area contributed by atoms with Crippen LogP contribution in [0.5, 0.6) is 0 Å². The minimum atomic E-state index is -0.474. The number of hydrogen-bond acceptors (Lipinski definition) is 3. The molecule has 2 rings (SSSR count). The van der Waals surface area contributed by atoms with Gasteiger partial charge in [-0.15, -0.1) is 0 Å². The van der Waals surface area contributed by atoms with Crippen LogP contribution in [0, 0.1) is 0 Å². The second kappa shape index (κ2) is 4.55. The van der Waals surface area contributed by atoms with Crippen molar-refractivity contribution in [3.05, 3.63) is 18.2 Å². The van der Waals surface area contributed by atoms with Gasteiger partial charge in [-0.25, -0.2) is 4.98 Å². The summed E-state index contributed by atoms with van der Waals surface area (Å²) in [6, 6.07) is 0. The van der Waals surface area contributed by atoms with Gasteiger partial charge in [0.1, 0.15) is 5.82 Å². The lowest BCUT2D eigenvalue weighted by Crippen LogP contribution is -2.43. The van der Waals surface area contributed by atoms with E-state index in [9.17, 15) is 5.11 Å². The van der Waals surface area contributed by atoms with E-state index in [1.807, 2.05) is 24.0 Å². The molecule has 0 saturated carbocycles. The first-order valence-electron chi connectivity index (χ1n) is 5.96. The quantitative estimate of drug-likeness (QED) is 0.824. The zero-order chi connectivity index (χ0) is 11.6. The summed E-state index contributed by atoms with van der Waals surface area (Å²) in [4.78, 5) is 6.56. The molecule has 0 unspecified atom stereocenters. The van der Waals surface area contributed by atoms with Gasteiger partial charge in [0.15, 0.2) is 0 Å². The zero-order valence-electron chi connectivity index (χ0n) is 10.2. The van der Waals surface area contributed by atoms with Crippen LogP contribution >= 0.6 is 0 Å². The molecule has 0 bridgehead atoms. The third kappa shape index (κ3) is 2.62. The molecule has 2 heterocycles. The molecule has 4 heteroatoms. The molecule has 0 aliphatic carbocycles. The Morgan fingerprint density at radius 1 is 1.38 bits per heavy atom. The SMILES string of the molecule is CN1CCC(O)(CCc2nccn2C)CC1. The number of hydrogen-bond donors (Lipinski definition) is 1. The van der Waals surface area contributed by atoms with Crippen LogP contribution in [0.25, 0.3) is 0 Å². The molecule has 1 aliphatic heterocycles. The summed E-state index contributed by atoms with van der Waals surface area (Å²) in [5.74, 6) is 1.06. The van der Waals surface area contributed by atoms with E-state index in [1.54, 1.807) is 0 Å². The number of nitrogens with zero attached hydrogens (tertiary/aromatic N) is 3. The molecular weight excluding hydrogens is 202 g/mol. The van der Waals surface area contributed by atoms with Gasteiger partial charge in [-0.3, -0.25) is 0 Å². The Balaban J connectivity index is 1.88. The smallest absolute Gasteiger partial charge is 0.108 e. The van der Waals surface area contributed by atoms with Crippen molar-refractivity contribution in [3.8, 4) is 0 Å². The van der Waals surface area contributed by atoms with Crippen LogP contribution in [0.1, 0.15) is 25.1 Å². The van der Waals surface area contributed by atoms with Crippen molar-refractivity contribution >= 4 is 0 Å². The van der Waals surface area contributed by atoms with Crippen LogP contribution < -0.4 is 0 Å². The fraction of sp³-hybridized carbons (Fsp3) is 0.750. The van der Waals surface area contributed by atoms with Crippen molar-refractivity contribution in [2.45, 2.75) is 31.3 Å². The van der Waals surface area contributed by atoms with Gasteiger partial charge in [-0.2, -0.15) is 0 Å². The number of imidazole rings is 1. The summed E-state index contributed by atoms with van der Waals surface area (Å²) in [6.45, 7) is 1.99. The standard InChI is InChI=1S/C12H21N3O/c1-14-8-5-12(16,6-9-14)4-3-11-13-7-10-15(11)2/h7,10,16H,3-6,8-9H2,1-2H3. The van der Waals surface area contributed by atoms with Gasteiger partial charge in [0.2, 0.25) is 0 Å². The highest BCUT2D eigenvalue weighted by molar-refractivity contribution is 4.95. The first-order valence-corrected chi connectivity index (χ1v) is 5.96. The van der Waals surface area contributed by atoms with Gasteiger partial charge < -0.3 is 14.6 Å². The van der Waals surface area contributed by atoms with Crippen molar-refractivity contribution in [1.82, 2.24) is 14.5 Å². The van der Waals surface area contributed by atoms with Crippen molar-refractivity contribution in [1.29, 1.82) is 0 Å². The predicted molar refractivity (Wildman–Crippen MR) is 63.2 cm³/mol. The minimum Gasteiger partial charge on any atom is -0.390 e. The molecule has 1 fully saturated rings. The molecule has 0 amide bonds. The molecule has 0 aromatic carbocycles. The van der Waals surface area contributed by atoms with E-state index in [2.05, 4.69) is 16.9 Å². The van der Waals surface area contributed by atoms with Crippen LogP contribution in [-0.2, 0) is 13.5 Å². The second-order valence-electron chi connectivity index (χ2n) is 4.98. The molecule has 1 aromatic heterocycles. The Hall–Kier alpha value is -0.870. The van der Waals surface area contributed by atoms with Gasteiger partial charge in [-0.05, 0) is 26.3 Å². The van der Waals surface area contributed by atoms with Gasteiger partial charge >= 0.3 is 0 Å². The number of aryl methyl sites for hydroxylation is 2. The van der Waals surface area contributed by atoms with Gasteiger partial charge in [0.25, 0.3) is 0 Å². The predicted octanol–water partition coefficient (Wildman–Crippen LogP) is 0.809. The maximum atomic E-state index is 10.4. The van der Waals surface area contributed by atoms with Gasteiger partial charge in [0.05, 0.1) is 5.60 Å². The third-order valence-corrected chi connectivity index (χ3v) is 3.65. The van der Waals surface area contributed by atoms with E-state index in [0.717, 1.165) is 44.6 Å². The van der Waals surface area contributed by atoms with Crippen LogP contribution in [-0.4, -0.2) is 45.3 Å². The lowest BCUT2D eigenvalue weighted by Gasteiger charge is -2.36. The van der Waals surface area contributed by atoms with Crippen LogP contribution in [0.2, 0.25) is 0 Å². The fourth-order valence-electron chi connectivity index (χ4n) is 2.27. The normalized spacial score (nSPS) is 21.2. The topological polar surface area (TPSA) is 41.3 Å². The monoisotopic (exact) mass is 223 g/mol. The highest BCUT2D eigenvalue weighted by atomic mass is 16.3. The van der Waals surface area contributed by atoms with E-state index in [4.69, 9.17) is 0 Å². The molecule has 1 aromatic rings. The summed E-state index contributed by atoms with van der Waals surface area (Å²) in [5, 5.41) is 10.4. The van der Waals surface area contributed by atoms with Crippen molar-refractivity contribution in [2.24, 2.45) is 7.05 Å². The van der Waals surface area contributed by atoms with Crippen LogP contribution in [0.4, 0.5) is 0 Å². The third-order valence-electron chi connectivity index (χ3n) is 3.65. The highest BCUT2D eigenvalue weighted by Crippen LogP contribution is 2.26. The number of piperidine rings is 1. The summed E-state index contributed by atoms with van der Waals surface area (Å²) < 4.78 is 2.03. The molecule has 90 valence electrons. The molecule has 4 nitrogen and oxygen atoms in total. The molecule has 0 spiro atoms. The summed E-state index contributed by atoms with van der Waals surface area (Å²) in [7, 11) is 4.11. The van der Waals surface area contributed by atoms with Crippen LogP contribution in [0.15, 0.2) is 12.4 Å². The Morgan fingerprint density at radius 3 is 2.62 bits per heavy atom. The van der Waals surface area contributed by atoms with Crippen molar-refractivity contribution in [3.63, 3.8) is 0 Å². The lowest BCUT2D eigenvalue weighted by atomic mass is 9.87. The van der Waals surface area contributed by atoms with E-state index in [-0.39, 0.29) is 0 Å². The number of likely N-dealkylation sites (tertiary alicyclic amines) is 1. The van der Waals surface area contributed by atoms with E-state index < -0.39 is 5.60 Å². The first-order chi connectivity index (χ1) is 7.59. The highest BCUT2D eigenvalue weighted by Gasteiger charge is 2.30. The molecular formula is C12H21N3O. The molecule has 0 atom stereocenters. The Kier molecular flexibility index (Phi) is 3.30. The molecule has 1 saturated heterocycles. The summed E-state index contributed by atoms with van der Waals surface area (Å²) in [5.41, 5.74) is -0.474. The largest absolute Gasteiger partial charge is 0.390 e. The Labute approximate surface area is 96.9 Å². The van der Waals surface area contributed by atoms with E-state index in [0.29, 0.717) is 0 Å². The molecule has 16 heavy (non-hydrogen) atoms. The first kappa shape index (κ1) is 11.6. The maximum absolute atomic E-state index is 10.4. The lowest BCUT2D eigenvalue weighted by molar-refractivity contribution is -0.0224. The van der Waals surface area contributed by atoms with Crippen molar-refractivity contribution in [2.75, 3.05) is 20.1 Å². The maximum Gasteiger partial charge on any atom is 0.108 e. The van der Waals surface area contributed by atoms with Crippen molar-refractivity contribution < 1.29 is 5.11 Å². The minimum absolute atomic E-state index is 0.474. The molecule has 0 radical (unpaired) electrons. The van der Waals surface area contributed by atoms with Gasteiger partial charge in [-0.1, -0.05) is 0 Å². The van der Waals surface area contributed by atoms with E-state index in [1.165, 1.54) is 0 Å². The molecule has 1 N–H and O–H groups in total. The Bertz CT molecular complexity index is 340. The van der Waals surface area contributed by atoms with E-state index >= 15 is 0 Å². The number of aromatic nitrogens is 2. The average Bonchev–Trinajstić information content (AvgIpc) is 2.67. The fourth-order valence-corrected chi connectivity index (χ4v) is 2.27. The average molecular weight is 223 g/mol. The number of rotatable bonds is 3.